The number of halogens is 1. The van der Waals surface area contributed by atoms with Crippen molar-refractivity contribution in [3.05, 3.63) is 15.9 Å². The largest absolute Gasteiger partial charge is 0.389 e. The fraction of sp³-hybridized carbons (Fsp3) is 0.727. The van der Waals surface area contributed by atoms with E-state index in [1.165, 1.54) is 0 Å². The second kappa shape index (κ2) is 3.59. The minimum Gasteiger partial charge on any atom is -0.389 e. The van der Waals surface area contributed by atoms with Crippen molar-refractivity contribution in [3.63, 3.8) is 0 Å². The molecule has 0 spiro atoms. The summed E-state index contributed by atoms with van der Waals surface area (Å²) in [6, 6.07) is 0. The van der Waals surface area contributed by atoms with Crippen molar-refractivity contribution >= 4 is 15.9 Å². The van der Waals surface area contributed by atoms with Crippen LogP contribution in [0, 0.1) is 12.8 Å². The van der Waals surface area contributed by atoms with Gasteiger partial charge in [-0.1, -0.05) is 6.92 Å². The van der Waals surface area contributed by atoms with Crippen LogP contribution in [-0.2, 0) is 13.5 Å². The zero-order valence-corrected chi connectivity index (χ0v) is 11.0. The van der Waals surface area contributed by atoms with Gasteiger partial charge in [-0.25, -0.2) is 0 Å². The van der Waals surface area contributed by atoms with Crippen molar-refractivity contribution in [2.45, 2.75) is 38.7 Å². The molecule has 0 bridgehead atoms. The maximum atomic E-state index is 10.2. The van der Waals surface area contributed by atoms with Gasteiger partial charge >= 0.3 is 0 Å². The van der Waals surface area contributed by atoms with Crippen molar-refractivity contribution in [1.82, 2.24) is 9.78 Å². The molecule has 1 fully saturated rings. The zero-order chi connectivity index (χ0) is 11.2. The van der Waals surface area contributed by atoms with E-state index >= 15 is 0 Å². The number of aryl methyl sites for hydroxylation is 2. The Bertz CT molecular complexity index is 380. The molecule has 0 unspecified atom stereocenters. The molecule has 0 aliphatic heterocycles. The monoisotopic (exact) mass is 272 g/mol. The maximum absolute atomic E-state index is 10.2. The number of aromatic nitrogens is 2. The summed E-state index contributed by atoms with van der Waals surface area (Å²) in [6.45, 7) is 4.15. The molecule has 0 amide bonds. The molecule has 1 N–H and O–H groups in total. The number of hydrogen-bond acceptors (Lipinski definition) is 2. The Balaban J connectivity index is 2.17. The van der Waals surface area contributed by atoms with Gasteiger partial charge in [0.25, 0.3) is 0 Å². The lowest BCUT2D eigenvalue weighted by Crippen LogP contribution is -2.44. The summed E-state index contributed by atoms with van der Waals surface area (Å²) in [5, 5.41) is 14.6. The molecule has 84 valence electrons. The summed E-state index contributed by atoms with van der Waals surface area (Å²) in [4.78, 5) is 0. The standard InChI is InChI=1S/C11H17BrN2O/c1-7-4-11(15,5-7)6-9-10(12)8(2)13-14(9)3/h7,15H,4-6H2,1-3H3. The summed E-state index contributed by atoms with van der Waals surface area (Å²) >= 11 is 3.53. The minimum absolute atomic E-state index is 0.498. The fourth-order valence-electron chi connectivity index (χ4n) is 2.57. The number of hydrogen-bond donors (Lipinski definition) is 1. The first-order chi connectivity index (χ1) is 6.91. The van der Waals surface area contributed by atoms with Crippen LogP contribution in [0.2, 0.25) is 0 Å². The van der Waals surface area contributed by atoms with Gasteiger partial charge in [0.15, 0.2) is 0 Å². The van der Waals surface area contributed by atoms with Crippen LogP contribution < -0.4 is 0 Å². The lowest BCUT2D eigenvalue weighted by atomic mass is 9.70. The van der Waals surface area contributed by atoms with Gasteiger partial charge in [0.1, 0.15) is 0 Å². The van der Waals surface area contributed by atoms with E-state index in [2.05, 4.69) is 28.0 Å². The highest BCUT2D eigenvalue weighted by Crippen LogP contribution is 2.40. The Morgan fingerprint density at radius 1 is 1.60 bits per heavy atom. The molecule has 0 aromatic carbocycles. The average molecular weight is 273 g/mol. The van der Waals surface area contributed by atoms with E-state index in [9.17, 15) is 5.11 Å². The van der Waals surface area contributed by atoms with Gasteiger partial charge in [0.2, 0.25) is 0 Å². The van der Waals surface area contributed by atoms with Crippen LogP contribution in [0.5, 0.6) is 0 Å². The summed E-state index contributed by atoms with van der Waals surface area (Å²) in [5.41, 5.74) is 1.59. The van der Waals surface area contributed by atoms with Crippen LogP contribution in [0.4, 0.5) is 0 Å². The molecule has 1 aromatic heterocycles. The van der Waals surface area contributed by atoms with E-state index in [1.54, 1.807) is 0 Å². The molecular weight excluding hydrogens is 256 g/mol. The predicted octanol–water partition coefficient (Wildman–Crippen LogP) is 2.19. The molecule has 15 heavy (non-hydrogen) atoms. The van der Waals surface area contributed by atoms with E-state index in [0.717, 1.165) is 28.7 Å². The molecule has 0 radical (unpaired) electrons. The number of nitrogens with zero attached hydrogens (tertiary/aromatic N) is 2. The summed E-state index contributed by atoms with van der Waals surface area (Å²) in [5.74, 6) is 0.656. The van der Waals surface area contributed by atoms with Gasteiger partial charge < -0.3 is 5.11 Å². The normalized spacial score (nSPS) is 30.3. The van der Waals surface area contributed by atoms with Crippen LogP contribution in [0.1, 0.15) is 31.2 Å². The molecule has 1 aromatic rings. The number of rotatable bonds is 2. The lowest BCUT2D eigenvalue weighted by molar-refractivity contribution is -0.0679. The van der Waals surface area contributed by atoms with Gasteiger partial charge in [-0.05, 0) is 41.6 Å². The first kappa shape index (κ1) is 11.1. The van der Waals surface area contributed by atoms with Gasteiger partial charge in [-0.15, -0.1) is 0 Å². The molecule has 1 heterocycles. The highest BCUT2D eigenvalue weighted by Gasteiger charge is 2.41. The molecule has 2 rings (SSSR count). The highest BCUT2D eigenvalue weighted by atomic mass is 79.9. The third-order valence-corrected chi connectivity index (χ3v) is 4.25. The van der Waals surface area contributed by atoms with E-state index in [4.69, 9.17) is 0 Å². The van der Waals surface area contributed by atoms with Crippen LogP contribution in [-0.4, -0.2) is 20.5 Å². The van der Waals surface area contributed by atoms with Crippen molar-refractivity contribution in [3.8, 4) is 0 Å². The smallest absolute Gasteiger partial charge is 0.0738 e. The quantitative estimate of drug-likeness (QED) is 0.897. The lowest BCUT2D eigenvalue weighted by Gasteiger charge is -2.42. The first-order valence-electron chi connectivity index (χ1n) is 5.32. The van der Waals surface area contributed by atoms with Crippen LogP contribution in [0.3, 0.4) is 0 Å². The molecular formula is C11H17BrN2O. The van der Waals surface area contributed by atoms with Crippen molar-refractivity contribution in [2.24, 2.45) is 13.0 Å². The molecule has 1 aliphatic rings. The first-order valence-corrected chi connectivity index (χ1v) is 6.11. The fourth-order valence-corrected chi connectivity index (χ4v) is 3.04. The maximum Gasteiger partial charge on any atom is 0.0738 e. The van der Waals surface area contributed by atoms with Gasteiger partial charge in [0, 0.05) is 13.5 Å². The third kappa shape index (κ3) is 1.97. The summed E-state index contributed by atoms with van der Waals surface area (Å²) < 4.78 is 2.90. The molecule has 4 heteroatoms. The Morgan fingerprint density at radius 2 is 2.20 bits per heavy atom. The van der Waals surface area contributed by atoms with E-state index in [0.29, 0.717) is 12.3 Å². The highest BCUT2D eigenvalue weighted by molar-refractivity contribution is 9.10. The SMILES string of the molecule is Cc1nn(C)c(CC2(O)CC(C)C2)c1Br. The van der Waals surface area contributed by atoms with Crippen molar-refractivity contribution < 1.29 is 5.11 Å². The van der Waals surface area contributed by atoms with Gasteiger partial charge in [0.05, 0.1) is 21.5 Å². The molecule has 0 saturated heterocycles. The van der Waals surface area contributed by atoms with Gasteiger partial charge in [-0.3, -0.25) is 4.68 Å². The topological polar surface area (TPSA) is 38.0 Å². The van der Waals surface area contributed by atoms with E-state index in [1.807, 2.05) is 18.7 Å². The van der Waals surface area contributed by atoms with Crippen LogP contribution in [0.25, 0.3) is 0 Å². The second-order valence-corrected chi connectivity index (χ2v) is 5.68. The Hall–Kier alpha value is -0.350. The van der Waals surface area contributed by atoms with Crippen molar-refractivity contribution in [1.29, 1.82) is 0 Å². The minimum atomic E-state index is -0.498. The Labute approximate surface area is 98.6 Å². The number of aliphatic hydroxyl groups is 1. The predicted molar refractivity (Wildman–Crippen MR) is 62.7 cm³/mol. The van der Waals surface area contributed by atoms with Crippen LogP contribution in [0.15, 0.2) is 4.47 Å². The Kier molecular flexibility index (Phi) is 2.67. The van der Waals surface area contributed by atoms with E-state index < -0.39 is 5.60 Å². The molecule has 0 atom stereocenters. The van der Waals surface area contributed by atoms with E-state index in [-0.39, 0.29) is 0 Å². The second-order valence-electron chi connectivity index (χ2n) is 4.88. The molecule has 1 aliphatic carbocycles. The molecule has 1 saturated carbocycles. The Morgan fingerprint density at radius 3 is 2.60 bits per heavy atom. The van der Waals surface area contributed by atoms with Crippen LogP contribution >= 0.6 is 15.9 Å². The summed E-state index contributed by atoms with van der Waals surface area (Å²) in [7, 11) is 1.93. The molecule has 3 nitrogen and oxygen atoms in total. The third-order valence-electron chi connectivity index (χ3n) is 3.21. The zero-order valence-electron chi connectivity index (χ0n) is 9.42. The summed E-state index contributed by atoms with van der Waals surface area (Å²) in [6.07, 6.45) is 2.52. The van der Waals surface area contributed by atoms with Crippen molar-refractivity contribution in [2.75, 3.05) is 0 Å². The average Bonchev–Trinajstić information content (AvgIpc) is 2.30. The van der Waals surface area contributed by atoms with Gasteiger partial charge in [-0.2, -0.15) is 5.10 Å².